The number of ketones is 1. The minimum absolute atomic E-state index is 0.00637. The summed E-state index contributed by atoms with van der Waals surface area (Å²) < 4.78 is 9.87. The van der Waals surface area contributed by atoms with Crippen molar-refractivity contribution in [1.29, 1.82) is 0 Å². The number of esters is 1. The Labute approximate surface area is 206 Å². The molecule has 0 bridgehead atoms. The predicted octanol–water partition coefficient (Wildman–Crippen LogP) is 1.71. The highest BCUT2D eigenvalue weighted by Gasteiger charge is 2.48. The summed E-state index contributed by atoms with van der Waals surface area (Å²) in [4.78, 5) is 35.3. The molecule has 0 radical (unpaired) electrons. The molecule has 0 aromatic rings. The van der Waals surface area contributed by atoms with E-state index >= 15 is 0 Å². The van der Waals surface area contributed by atoms with Crippen molar-refractivity contribution in [3.63, 3.8) is 0 Å². The highest BCUT2D eigenvalue weighted by atomic mass is 16.7. The number of aliphatic hydroxyl groups is 4. The van der Waals surface area contributed by atoms with Gasteiger partial charge in [0.05, 0.1) is 6.10 Å². The third kappa shape index (κ3) is 9.27. The van der Waals surface area contributed by atoms with Crippen LogP contribution in [0.5, 0.6) is 0 Å². The maximum Gasteiger partial charge on any atom is 0.335 e. The minimum Gasteiger partial charge on any atom is -0.479 e. The van der Waals surface area contributed by atoms with Crippen LogP contribution in [0.4, 0.5) is 0 Å². The Balaban J connectivity index is 0.00000298. The lowest BCUT2D eigenvalue weighted by molar-refractivity contribution is -0.286. The lowest BCUT2D eigenvalue weighted by atomic mass is 9.88. The van der Waals surface area contributed by atoms with Crippen molar-refractivity contribution in [3.05, 3.63) is 12.2 Å². The van der Waals surface area contributed by atoms with Crippen molar-refractivity contribution in [3.8, 4) is 0 Å². The van der Waals surface area contributed by atoms with Gasteiger partial charge in [-0.1, -0.05) is 58.6 Å². The molecular weight excluding hydrogens is 460 g/mol. The molecule has 2 aliphatic rings. The Morgan fingerprint density at radius 2 is 1.69 bits per heavy atom. The quantitative estimate of drug-likeness (QED) is 0.150. The lowest BCUT2D eigenvalue weighted by Crippen LogP contribution is -2.60. The van der Waals surface area contributed by atoms with E-state index in [4.69, 9.17) is 14.6 Å². The zero-order valence-corrected chi connectivity index (χ0v) is 20.9. The zero-order chi connectivity index (χ0) is 26.5. The van der Waals surface area contributed by atoms with Gasteiger partial charge >= 0.3 is 11.9 Å². The van der Waals surface area contributed by atoms with Crippen LogP contribution < -0.4 is 0 Å². The van der Waals surface area contributed by atoms with Gasteiger partial charge in [-0.25, -0.2) is 4.79 Å². The number of carboxylic acids is 1. The molecule has 8 atom stereocenters. The Morgan fingerprint density at radius 3 is 2.31 bits per heavy atom. The van der Waals surface area contributed by atoms with Gasteiger partial charge in [-0.05, 0) is 19.3 Å². The molecule has 10 heteroatoms. The van der Waals surface area contributed by atoms with Crippen molar-refractivity contribution >= 4 is 17.7 Å². The fourth-order valence-corrected chi connectivity index (χ4v) is 4.34. The number of allylic oxidation sites excluding steroid dienone is 1. The Kier molecular flexibility index (Phi) is 14.3. The lowest BCUT2D eigenvalue weighted by Gasteiger charge is -2.37. The molecule has 1 saturated heterocycles. The fraction of sp³-hybridized carbons (Fsp3) is 0.800. The summed E-state index contributed by atoms with van der Waals surface area (Å²) in [6.45, 7) is 6.07. The average molecular weight is 503 g/mol. The van der Waals surface area contributed by atoms with E-state index in [9.17, 15) is 34.8 Å². The van der Waals surface area contributed by atoms with Crippen LogP contribution in [0, 0.1) is 11.8 Å². The van der Waals surface area contributed by atoms with Gasteiger partial charge in [-0.3, -0.25) is 9.59 Å². The predicted molar refractivity (Wildman–Crippen MR) is 126 cm³/mol. The molecule has 0 amide bonds. The highest BCUT2D eigenvalue weighted by Crippen LogP contribution is 2.34. The van der Waals surface area contributed by atoms with Gasteiger partial charge in [0.1, 0.15) is 24.1 Å². The number of hydrogen-bond donors (Lipinski definition) is 5. The number of carboxylic acid groups (broad SMARTS) is 1. The van der Waals surface area contributed by atoms with Crippen LogP contribution in [0.15, 0.2) is 12.2 Å². The first-order chi connectivity index (χ1) is 16.7. The van der Waals surface area contributed by atoms with Gasteiger partial charge in [0.2, 0.25) is 6.29 Å². The van der Waals surface area contributed by atoms with Crippen LogP contribution >= 0.6 is 0 Å². The second kappa shape index (κ2) is 16.0. The number of aliphatic hydroxyl groups excluding tert-OH is 4. The van der Waals surface area contributed by atoms with Crippen molar-refractivity contribution in [2.45, 2.75) is 115 Å². The number of carbonyl (C=O) groups is 3. The van der Waals surface area contributed by atoms with Crippen molar-refractivity contribution < 1.29 is 49.4 Å². The van der Waals surface area contributed by atoms with E-state index in [1.54, 1.807) is 0 Å². The zero-order valence-electron chi connectivity index (χ0n) is 20.9. The van der Waals surface area contributed by atoms with Crippen LogP contribution in [0.25, 0.3) is 0 Å². The number of carbonyl (C=O) groups excluding carboxylic acids is 2. The number of ether oxygens (including phenoxy) is 2. The molecule has 1 aliphatic carbocycles. The van der Waals surface area contributed by atoms with Crippen molar-refractivity contribution in [2.75, 3.05) is 0 Å². The Morgan fingerprint density at radius 1 is 1.03 bits per heavy atom. The summed E-state index contributed by atoms with van der Waals surface area (Å²) in [7, 11) is 0. The normalized spacial score (nSPS) is 32.8. The summed E-state index contributed by atoms with van der Waals surface area (Å²) in [6.07, 6.45) is -0.0199. The van der Waals surface area contributed by atoms with Crippen LogP contribution in [0.2, 0.25) is 0 Å². The molecule has 1 aliphatic heterocycles. The minimum atomic E-state index is -1.85. The summed E-state index contributed by atoms with van der Waals surface area (Å²) in [5, 5.41) is 48.4. The van der Waals surface area contributed by atoms with Gasteiger partial charge in [0, 0.05) is 24.7 Å². The summed E-state index contributed by atoms with van der Waals surface area (Å²) in [5.41, 5.74) is 0. The standard InChI is InChI=1S/C23H36O10.C2H6/c1-2-3-6-9-13-14(16(25)12-15(13)24)10-7-4-5-8-11-17(26)32-23-20(29)18(27)19(28)21(33-23)22(30)31;1-2/h6,9,13-15,18-21,23-24,27-29H,2-5,7-8,10-12H2,1H3,(H,30,31);1-2H3/t13?,14?,15?,18-,19-,20+,21-,23?;/m0./s1. The van der Waals surface area contributed by atoms with Crippen LogP contribution in [-0.2, 0) is 23.9 Å². The molecule has 2 fully saturated rings. The molecule has 0 aromatic carbocycles. The number of aliphatic carboxylic acids is 1. The number of hydrogen-bond acceptors (Lipinski definition) is 9. The van der Waals surface area contributed by atoms with E-state index < -0.39 is 48.7 Å². The SMILES string of the molecule is CC.CCCC=CC1C(O)CC(=O)C1CCCCCCC(=O)OC1O[C@H](C(=O)O)[C@@H](O)[C@H](O)[C@H]1O. The number of rotatable bonds is 12. The Bertz CT molecular complexity index is 694. The van der Waals surface area contributed by atoms with Crippen molar-refractivity contribution in [2.24, 2.45) is 11.8 Å². The third-order valence-electron chi connectivity index (χ3n) is 6.25. The third-order valence-corrected chi connectivity index (χ3v) is 6.25. The molecular formula is C25H42O10. The van der Waals surface area contributed by atoms with E-state index in [1.165, 1.54) is 0 Å². The van der Waals surface area contributed by atoms with Crippen LogP contribution in [0.3, 0.4) is 0 Å². The average Bonchev–Trinajstić information content (AvgIpc) is 3.09. The molecule has 202 valence electrons. The number of unbranched alkanes of at least 4 members (excludes halogenated alkanes) is 4. The Hall–Kier alpha value is -1.85. The van der Waals surface area contributed by atoms with E-state index in [0.29, 0.717) is 19.3 Å². The van der Waals surface area contributed by atoms with E-state index in [-0.39, 0.29) is 30.5 Å². The molecule has 4 unspecified atom stereocenters. The van der Waals surface area contributed by atoms with Gasteiger partial charge in [-0.15, -0.1) is 0 Å². The summed E-state index contributed by atoms with van der Waals surface area (Å²) in [6, 6.07) is 0. The molecule has 0 spiro atoms. The van der Waals surface area contributed by atoms with Crippen LogP contribution in [0.1, 0.15) is 78.6 Å². The van der Waals surface area contributed by atoms with E-state index in [2.05, 4.69) is 6.92 Å². The summed E-state index contributed by atoms with van der Waals surface area (Å²) >= 11 is 0. The molecule has 10 nitrogen and oxygen atoms in total. The molecule has 35 heavy (non-hydrogen) atoms. The largest absolute Gasteiger partial charge is 0.479 e. The molecule has 0 aromatic heterocycles. The van der Waals surface area contributed by atoms with E-state index in [0.717, 1.165) is 25.7 Å². The first-order valence-corrected chi connectivity index (χ1v) is 12.7. The van der Waals surface area contributed by atoms with Crippen molar-refractivity contribution in [1.82, 2.24) is 0 Å². The molecule has 1 saturated carbocycles. The topological polar surface area (TPSA) is 171 Å². The molecule has 2 rings (SSSR count). The molecule has 1 heterocycles. The second-order valence-electron chi connectivity index (χ2n) is 8.82. The molecule has 5 N–H and O–H groups in total. The van der Waals surface area contributed by atoms with Crippen LogP contribution in [-0.4, -0.2) is 80.1 Å². The smallest absolute Gasteiger partial charge is 0.335 e. The van der Waals surface area contributed by atoms with Gasteiger partial charge in [0.25, 0.3) is 0 Å². The van der Waals surface area contributed by atoms with Gasteiger partial charge in [0.15, 0.2) is 6.10 Å². The fourth-order valence-electron chi connectivity index (χ4n) is 4.34. The summed E-state index contributed by atoms with van der Waals surface area (Å²) in [5.74, 6) is -2.49. The monoisotopic (exact) mass is 502 g/mol. The number of Topliss-reactive ketones (excluding diaryl/α,β-unsaturated/α-hetero) is 1. The second-order valence-corrected chi connectivity index (χ2v) is 8.82. The highest BCUT2D eigenvalue weighted by molar-refractivity contribution is 5.84. The maximum absolute atomic E-state index is 12.2. The maximum atomic E-state index is 12.2. The van der Waals surface area contributed by atoms with Gasteiger partial charge in [-0.2, -0.15) is 0 Å². The first kappa shape index (κ1) is 31.2. The van der Waals surface area contributed by atoms with E-state index in [1.807, 2.05) is 26.0 Å². The van der Waals surface area contributed by atoms with Gasteiger partial charge < -0.3 is 35.0 Å². The first-order valence-electron chi connectivity index (χ1n) is 12.7.